The quantitative estimate of drug-likeness (QED) is 0.736. The maximum absolute atomic E-state index is 11.9. The van der Waals surface area contributed by atoms with E-state index in [4.69, 9.17) is 11.6 Å². The number of alkyl halides is 1. The molecule has 0 radical (unpaired) electrons. The molecule has 0 atom stereocenters. The number of hydrogen-bond acceptors (Lipinski definition) is 2. The Morgan fingerprint density at radius 1 is 1.44 bits per heavy atom. The predicted octanol–water partition coefficient (Wildman–Crippen LogP) is 0.988. The Labute approximate surface area is 101 Å². The molecule has 4 nitrogen and oxygen atoms in total. The lowest BCUT2D eigenvalue weighted by Crippen LogP contribution is -2.45. The molecule has 0 saturated heterocycles. The zero-order valence-electron chi connectivity index (χ0n) is 10.0. The molecule has 1 aliphatic carbocycles. The van der Waals surface area contributed by atoms with E-state index in [2.05, 4.69) is 5.32 Å². The largest absolute Gasteiger partial charge is 0.352 e. The van der Waals surface area contributed by atoms with Crippen molar-refractivity contribution in [3.05, 3.63) is 0 Å². The molecule has 5 heteroatoms. The van der Waals surface area contributed by atoms with Gasteiger partial charge in [0.2, 0.25) is 11.8 Å². The highest BCUT2D eigenvalue weighted by Gasteiger charge is 2.31. The summed E-state index contributed by atoms with van der Waals surface area (Å²) in [6, 6.07) is 0.331. The molecule has 92 valence electrons. The van der Waals surface area contributed by atoms with Crippen LogP contribution in [0.4, 0.5) is 0 Å². The highest BCUT2D eigenvalue weighted by Crippen LogP contribution is 2.20. The third-order valence-corrected chi connectivity index (χ3v) is 3.25. The second-order valence-electron chi connectivity index (χ2n) is 5.02. The summed E-state index contributed by atoms with van der Waals surface area (Å²) >= 11 is 5.71. The standard InChI is InChI=1S/C11H19ClN2O2/c1-11(2,7-12)10(16)14(3)6-9(15)13-8-4-5-8/h8H,4-7H2,1-3H3,(H,13,15). The van der Waals surface area contributed by atoms with Crippen LogP contribution < -0.4 is 5.32 Å². The van der Waals surface area contributed by atoms with E-state index in [1.807, 2.05) is 0 Å². The van der Waals surface area contributed by atoms with Crippen LogP contribution in [0.2, 0.25) is 0 Å². The average molecular weight is 247 g/mol. The van der Waals surface area contributed by atoms with Crippen molar-refractivity contribution in [2.75, 3.05) is 19.5 Å². The minimum absolute atomic E-state index is 0.0938. The van der Waals surface area contributed by atoms with Crippen molar-refractivity contribution < 1.29 is 9.59 Å². The van der Waals surface area contributed by atoms with Gasteiger partial charge in [-0.05, 0) is 26.7 Å². The number of nitrogens with one attached hydrogen (secondary N) is 1. The topological polar surface area (TPSA) is 49.4 Å². The van der Waals surface area contributed by atoms with Crippen LogP contribution in [0.15, 0.2) is 0 Å². The summed E-state index contributed by atoms with van der Waals surface area (Å²) in [4.78, 5) is 24.8. The zero-order chi connectivity index (χ0) is 12.3. The van der Waals surface area contributed by atoms with Crippen molar-refractivity contribution in [2.24, 2.45) is 5.41 Å². The van der Waals surface area contributed by atoms with E-state index in [-0.39, 0.29) is 24.2 Å². The fraction of sp³-hybridized carbons (Fsp3) is 0.818. The van der Waals surface area contributed by atoms with Crippen molar-refractivity contribution >= 4 is 23.4 Å². The minimum atomic E-state index is -0.615. The Morgan fingerprint density at radius 2 is 2.00 bits per heavy atom. The molecular weight excluding hydrogens is 228 g/mol. The molecule has 0 heterocycles. The second kappa shape index (κ2) is 5.04. The van der Waals surface area contributed by atoms with Gasteiger partial charge in [-0.3, -0.25) is 9.59 Å². The molecule has 0 aliphatic heterocycles. The van der Waals surface area contributed by atoms with Crippen molar-refractivity contribution in [3.8, 4) is 0 Å². The number of amides is 2. The van der Waals surface area contributed by atoms with Gasteiger partial charge < -0.3 is 10.2 Å². The van der Waals surface area contributed by atoms with Crippen LogP contribution in [0.5, 0.6) is 0 Å². The molecule has 16 heavy (non-hydrogen) atoms. The molecule has 1 aliphatic rings. The van der Waals surface area contributed by atoms with Crippen molar-refractivity contribution in [1.82, 2.24) is 10.2 Å². The van der Waals surface area contributed by atoms with Gasteiger partial charge in [0, 0.05) is 19.0 Å². The van der Waals surface area contributed by atoms with Crippen molar-refractivity contribution in [1.29, 1.82) is 0 Å². The lowest BCUT2D eigenvalue weighted by Gasteiger charge is -2.27. The minimum Gasteiger partial charge on any atom is -0.352 e. The summed E-state index contributed by atoms with van der Waals surface area (Å²) < 4.78 is 0. The first kappa shape index (κ1) is 13.3. The normalized spacial score (nSPS) is 15.8. The van der Waals surface area contributed by atoms with Crippen LogP contribution in [0.1, 0.15) is 26.7 Å². The van der Waals surface area contributed by atoms with E-state index in [1.54, 1.807) is 20.9 Å². The number of hydrogen-bond donors (Lipinski definition) is 1. The first-order valence-electron chi connectivity index (χ1n) is 5.47. The Hall–Kier alpha value is -0.770. The maximum Gasteiger partial charge on any atom is 0.239 e. The Kier molecular flexibility index (Phi) is 4.19. The number of carbonyl (C=O) groups is 2. The van der Waals surface area contributed by atoms with Gasteiger partial charge in [0.25, 0.3) is 0 Å². The maximum atomic E-state index is 11.9. The SMILES string of the molecule is CN(CC(=O)NC1CC1)C(=O)C(C)(C)CCl. The van der Waals surface area contributed by atoms with E-state index in [1.165, 1.54) is 4.90 Å². The molecule has 0 bridgehead atoms. The number of likely N-dealkylation sites (N-methyl/N-ethyl adjacent to an activating group) is 1. The van der Waals surface area contributed by atoms with Gasteiger partial charge in [0.15, 0.2) is 0 Å². The average Bonchev–Trinajstić information content (AvgIpc) is 3.00. The number of rotatable bonds is 5. The summed E-state index contributed by atoms with van der Waals surface area (Å²) in [5.74, 6) is 0.0533. The Bertz CT molecular complexity index is 288. The third kappa shape index (κ3) is 3.67. The molecule has 1 N–H and O–H groups in total. The molecule has 1 fully saturated rings. The summed E-state index contributed by atoms with van der Waals surface area (Å²) in [5.41, 5.74) is -0.615. The Balaban J connectivity index is 2.40. The molecule has 0 aromatic rings. The van der Waals surface area contributed by atoms with Crippen LogP contribution in [0.25, 0.3) is 0 Å². The monoisotopic (exact) mass is 246 g/mol. The van der Waals surface area contributed by atoms with Crippen molar-refractivity contribution in [2.45, 2.75) is 32.7 Å². The molecule has 0 aromatic carbocycles. The molecule has 2 amide bonds. The first-order valence-corrected chi connectivity index (χ1v) is 6.01. The smallest absolute Gasteiger partial charge is 0.239 e. The molecule has 0 spiro atoms. The van der Waals surface area contributed by atoms with E-state index in [0.717, 1.165) is 12.8 Å². The highest BCUT2D eigenvalue weighted by atomic mass is 35.5. The van der Waals surface area contributed by atoms with Crippen LogP contribution >= 0.6 is 11.6 Å². The van der Waals surface area contributed by atoms with Gasteiger partial charge in [0.1, 0.15) is 0 Å². The third-order valence-electron chi connectivity index (χ3n) is 2.58. The van der Waals surface area contributed by atoms with Crippen LogP contribution in [-0.4, -0.2) is 42.2 Å². The molecule has 0 unspecified atom stereocenters. The fourth-order valence-electron chi connectivity index (χ4n) is 1.36. The number of halogens is 1. The van der Waals surface area contributed by atoms with Crippen molar-refractivity contribution in [3.63, 3.8) is 0 Å². The molecule has 0 aromatic heterocycles. The summed E-state index contributed by atoms with van der Waals surface area (Å²) in [7, 11) is 1.63. The molecule has 1 rings (SSSR count). The van der Waals surface area contributed by atoms with E-state index in [0.29, 0.717) is 6.04 Å². The van der Waals surface area contributed by atoms with Gasteiger partial charge in [-0.15, -0.1) is 11.6 Å². The highest BCUT2D eigenvalue weighted by molar-refractivity contribution is 6.19. The van der Waals surface area contributed by atoms with Gasteiger partial charge >= 0.3 is 0 Å². The lowest BCUT2D eigenvalue weighted by molar-refractivity contribution is -0.141. The lowest BCUT2D eigenvalue weighted by atomic mass is 9.94. The molecular formula is C11H19ClN2O2. The number of nitrogens with zero attached hydrogens (tertiary/aromatic N) is 1. The zero-order valence-corrected chi connectivity index (χ0v) is 10.8. The summed E-state index contributed by atoms with van der Waals surface area (Å²) in [6.45, 7) is 3.66. The first-order chi connectivity index (χ1) is 7.36. The Morgan fingerprint density at radius 3 is 2.44 bits per heavy atom. The van der Waals surface area contributed by atoms with Crippen LogP contribution in [-0.2, 0) is 9.59 Å². The van der Waals surface area contributed by atoms with Gasteiger partial charge in [-0.1, -0.05) is 0 Å². The van der Waals surface area contributed by atoms with Gasteiger partial charge in [-0.25, -0.2) is 0 Å². The van der Waals surface area contributed by atoms with Gasteiger partial charge in [0.05, 0.1) is 12.0 Å². The molecule has 1 saturated carbocycles. The number of carbonyl (C=O) groups excluding carboxylic acids is 2. The summed E-state index contributed by atoms with van der Waals surface area (Å²) in [6.07, 6.45) is 2.10. The summed E-state index contributed by atoms with van der Waals surface area (Å²) in [5, 5.41) is 2.84. The fourth-order valence-corrected chi connectivity index (χ4v) is 1.48. The van der Waals surface area contributed by atoms with Crippen LogP contribution in [0, 0.1) is 5.41 Å². The van der Waals surface area contributed by atoms with E-state index >= 15 is 0 Å². The predicted molar refractivity (Wildman–Crippen MR) is 63.3 cm³/mol. The van der Waals surface area contributed by atoms with E-state index in [9.17, 15) is 9.59 Å². The second-order valence-corrected chi connectivity index (χ2v) is 5.29. The van der Waals surface area contributed by atoms with Crippen LogP contribution in [0.3, 0.4) is 0 Å². The van der Waals surface area contributed by atoms with Gasteiger partial charge in [-0.2, -0.15) is 0 Å². The van der Waals surface area contributed by atoms with E-state index < -0.39 is 5.41 Å².